The van der Waals surface area contributed by atoms with Gasteiger partial charge in [0.2, 0.25) is 11.8 Å². The van der Waals surface area contributed by atoms with Crippen LogP contribution in [-0.2, 0) is 20.9 Å². The zero-order valence-corrected chi connectivity index (χ0v) is 26.4. The van der Waals surface area contributed by atoms with Gasteiger partial charge in [-0.05, 0) is 63.9 Å². The van der Waals surface area contributed by atoms with Crippen LogP contribution in [0.3, 0.4) is 0 Å². The summed E-state index contributed by atoms with van der Waals surface area (Å²) in [5, 5.41) is 11.9. The van der Waals surface area contributed by atoms with Crippen molar-refractivity contribution in [2.24, 2.45) is 0 Å². The number of esters is 1. The monoisotopic (exact) mass is 628 g/mol. The van der Waals surface area contributed by atoms with Gasteiger partial charge in [0, 0.05) is 44.3 Å². The summed E-state index contributed by atoms with van der Waals surface area (Å²) in [6.45, 7) is 7.30. The number of aromatic nitrogens is 2. The summed E-state index contributed by atoms with van der Waals surface area (Å²) < 4.78 is 31.1. The van der Waals surface area contributed by atoms with Gasteiger partial charge in [0.05, 0.1) is 23.9 Å². The Morgan fingerprint density at radius 1 is 1.17 bits per heavy atom. The maximum atomic E-state index is 14.2. The van der Waals surface area contributed by atoms with E-state index in [9.17, 15) is 14.0 Å². The number of hydrogen-bond acceptors (Lipinski definition) is 10. The van der Waals surface area contributed by atoms with E-state index in [1.54, 1.807) is 51.1 Å². The zero-order chi connectivity index (χ0) is 32.8. The third kappa shape index (κ3) is 8.17. The minimum absolute atomic E-state index is 0.0135. The quantitative estimate of drug-likeness (QED) is 0.244. The van der Waals surface area contributed by atoms with Gasteiger partial charge in [-0.2, -0.15) is 10.2 Å². The molecule has 0 radical (unpaired) electrons. The number of benzene rings is 1. The van der Waals surface area contributed by atoms with E-state index in [0.717, 1.165) is 17.8 Å². The molecule has 0 bridgehead atoms. The normalized spacial score (nSPS) is 16.1. The fraction of sp³-hybridized carbons (Fsp3) is 0.382. The molecule has 4 heterocycles. The first-order valence-electron chi connectivity index (χ1n) is 15.1. The van der Waals surface area contributed by atoms with E-state index < -0.39 is 17.4 Å². The van der Waals surface area contributed by atoms with Crippen LogP contribution in [0.2, 0.25) is 0 Å². The van der Waals surface area contributed by atoms with Crippen molar-refractivity contribution in [1.29, 1.82) is 5.26 Å². The van der Waals surface area contributed by atoms with Crippen molar-refractivity contribution in [2.45, 2.75) is 58.5 Å². The van der Waals surface area contributed by atoms with Crippen molar-refractivity contribution in [3.8, 4) is 11.9 Å². The summed E-state index contributed by atoms with van der Waals surface area (Å²) in [4.78, 5) is 38.8. The molecule has 1 amide bonds. The van der Waals surface area contributed by atoms with Crippen molar-refractivity contribution < 1.29 is 28.2 Å². The molecule has 0 aliphatic carbocycles. The average Bonchev–Trinajstić information content (AvgIpc) is 2.99. The molecule has 2 aliphatic rings. The number of carbonyl (C=O) groups excluding carboxylic acids is 2. The van der Waals surface area contributed by atoms with Gasteiger partial charge in [-0.1, -0.05) is 17.7 Å². The van der Waals surface area contributed by atoms with E-state index in [0.29, 0.717) is 55.5 Å². The van der Waals surface area contributed by atoms with E-state index in [-0.39, 0.29) is 30.0 Å². The third-order valence-corrected chi connectivity index (χ3v) is 7.51. The molecule has 240 valence electrons. The van der Waals surface area contributed by atoms with E-state index in [1.807, 2.05) is 30.1 Å². The molecule has 1 N–H and O–H groups in total. The van der Waals surface area contributed by atoms with E-state index in [4.69, 9.17) is 19.5 Å². The second-order valence-corrected chi connectivity index (χ2v) is 12.1. The van der Waals surface area contributed by atoms with Crippen molar-refractivity contribution in [3.05, 3.63) is 82.8 Å². The highest BCUT2D eigenvalue weighted by Crippen LogP contribution is 2.30. The van der Waals surface area contributed by atoms with Crippen molar-refractivity contribution in [1.82, 2.24) is 9.97 Å². The first-order chi connectivity index (χ1) is 22.0. The minimum Gasteiger partial charge on any atom is -0.473 e. The Labute approximate surface area is 267 Å². The molecular weight excluding hydrogens is 591 g/mol. The van der Waals surface area contributed by atoms with Crippen LogP contribution in [0.15, 0.2) is 60.2 Å². The molecule has 2 fully saturated rings. The van der Waals surface area contributed by atoms with Crippen LogP contribution in [0.4, 0.5) is 21.7 Å². The molecule has 0 spiro atoms. The number of ether oxygens (including phenoxy) is 3. The molecule has 5 rings (SSSR count). The molecule has 3 aromatic rings. The highest BCUT2D eigenvalue weighted by Gasteiger charge is 2.28. The number of halogens is 1. The van der Waals surface area contributed by atoms with Gasteiger partial charge in [0.15, 0.2) is 11.5 Å². The van der Waals surface area contributed by atoms with Gasteiger partial charge in [0.25, 0.3) is 0 Å². The number of nitriles is 1. The molecule has 1 aromatic carbocycles. The number of amides is 1. The van der Waals surface area contributed by atoms with Crippen LogP contribution in [0.5, 0.6) is 5.88 Å². The van der Waals surface area contributed by atoms with Crippen LogP contribution in [0.25, 0.3) is 0 Å². The Bertz CT molecular complexity index is 1670. The standard InChI is InChI=1S/C34H37FN6O5/c1-34(2,3)46-33(43)27-11-10-26(32(38-27)40(4)31-14-17-44-31)37-29(42)19-22-12-15-41(16-13-22)28-6-5-7-30(39-28)45-21-24-9-8-23(20-36)18-25(24)35/h5-11,18-19,31H,12-17,21H2,1-4H3,(H,37,42)/t31-/m0/s1. The topological polar surface area (TPSA) is 130 Å². The number of rotatable bonds is 9. The number of hydrogen-bond donors (Lipinski definition) is 1. The molecule has 2 aromatic heterocycles. The maximum absolute atomic E-state index is 14.2. The Hall–Kier alpha value is -5.02. The van der Waals surface area contributed by atoms with Crippen LogP contribution in [0.1, 0.15) is 61.6 Å². The molecule has 0 saturated carbocycles. The molecule has 2 aliphatic heterocycles. The summed E-state index contributed by atoms with van der Waals surface area (Å²) in [7, 11) is 1.81. The van der Waals surface area contributed by atoms with Gasteiger partial charge in [-0.3, -0.25) is 4.79 Å². The van der Waals surface area contributed by atoms with E-state index >= 15 is 0 Å². The molecule has 1 atom stereocenters. The van der Waals surface area contributed by atoms with Gasteiger partial charge < -0.3 is 29.3 Å². The lowest BCUT2D eigenvalue weighted by Crippen LogP contribution is -2.43. The average molecular weight is 629 g/mol. The van der Waals surface area contributed by atoms with Crippen LogP contribution < -0.4 is 19.9 Å². The van der Waals surface area contributed by atoms with Crippen molar-refractivity contribution in [3.63, 3.8) is 0 Å². The van der Waals surface area contributed by atoms with E-state index in [1.165, 1.54) is 12.1 Å². The molecular formula is C34H37FN6O5. The molecule has 2 saturated heterocycles. The molecule has 46 heavy (non-hydrogen) atoms. The molecule has 11 nitrogen and oxygen atoms in total. The van der Waals surface area contributed by atoms with E-state index in [2.05, 4.69) is 20.2 Å². The second kappa shape index (κ2) is 14.0. The first kappa shape index (κ1) is 32.4. The van der Waals surface area contributed by atoms with Gasteiger partial charge >= 0.3 is 5.97 Å². The lowest BCUT2D eigenvalue weighted by molar-refractivity contribution is -0.112. The van der Waals surface area contributed by atoms with Gasteiger partial charge in [-0.15, -0.1) is 0 Å². The Morgan fingerprint density at radius 3 is 2.59 bits per heavy atom. The Kier molecular flexibility index (Phi) is 9.82. The summed E-state index contributed by atoms with van der Waals surface area (Å²) in [5.41, 5.74) is 1.52. The predicted octanol–water partition coefficient (Wildman–Crippen LogP) is 5.37. The molecule has 12 heteroatoms. The lowest BCUT2D eigenvalue weighted by atomic mass is 10.0. The molecule has 0 unspecified atom stereocenters. The van der Waals surface area contributed by atoms with Gasteiger partial charge in [0.1, 0.15) is 30.1 Å². The minimum atomic E-state index is -0.670. The number of carbonyl (C=O) groups is 2. The number of pyridine rings is 2. The Morgan fingerprint density at radius 2 is 1.93 bits per heavy atom. The lowest BCUT2D eigenvalue weighted by Gasteiger charge is -2.36. The number of nitrogens with one attached hydrogen (secondary N) is 1. The highest BCUT2D eigenvalue weighted by molar-refractivity contribution is 6.02. The second-order valence-electron chi connectivity index (χ2n) is 12.1. The smallest absolute Gasteiger partial charge is 0.357 e. The first-order valence-corrected chi connectivity index (χ1v) is 15.1. The van der Waals surface area contributed by atoms with Crippen LogP contribution >= 0.6 is 0 Å². The van der Waals surface area contributed by atoms with Gasteiger partial charge in [-0.25, -0.2) is 14.2 Å². The van der Waals surface area contributed by atoms with Crippen molar-refractivity contribution in [2.75, 3.05) is 41.9 Å². The third-order valence-electron chi connectivity index (χ3n) is 7.51. The zero-order valence-electron chi connectivity index (χ0n) is 26.4. The SMILES string of the molecule is CN(c1nc(C(=O)OC(C)(C)C)ccc1NC(=O)C=C1CCN(c2cccc(OCc3ccc(C#N)cc3F)n2)CC1)[C@@H]1CCO1. The summed E-state index contributed by atoms with van der Waals surface area (Å²) in [6, 6.07) is 14.8. The number of anilines is 3. The predicted molar refractivity (Wildman–Crippen MR) is 170 cm³/mol. The fourth-order valence-electron chi connectivity index (χ4n) is 4.99. The maximum Gasteiger partial charge on any atom is 0.357 e. The Balaban J connectivity index is 1.20. The summed E-state index contributed by atoms with van der Waals surface area (Å²) >= 11 is 0. The largest absolute Gasteiger partial charge is 0.473 e. The van der Waals surface area contributed by atoms with Crippen LogP contribution in [0, 0.1) is 17.1 Å². The number of piperidine rings is 1. The van der Waals surface area contributed by atoms with Crippen LogP contribution in [-0.4, -0.2) is 60.4 Å². The highest BCUT2D eigenvalue weighted by atomic mass is 19.1. The number of nitrogens with zero attached hydrogens (tertiary/aromatic N) is 5. The summed E-state index contributed by atoms with van der Waals surface area (Å²) in [5.74, 6) is 0.173. The fourth-order valence-corrected chi connectivity index (χ4v) is 4.99. The summed E-state index contributed by atoms with van der Waals surface area (Å²) in [6.07, 6.45) is 3.54. The van der Waals surface area contributed by atoms with Crippen molar-refractivity contribution >= 4 is 29.2 Å².